The molecule has 162 valence electrons. The minimum Gasteiger partial charge on any atom is -0.478 e. The number of nitrogens with zero attached hydrogens (tertiary/aromatic N) is 2. The summed E-state index contributed by atoms with van der Waals surface area (Å²) < 4.78 is 41.3. The van der Waals surface area contributed by atoms with Gasteiger partial charge in [-0.05, 0) is 43.2 Å². The number of rotatable bonds is 8. The Morgan fingerprint density at radius 2 is 1.87 bits per heavy atom. The fourth-order valence-electron chi connectivity index (χ4n) is 3.14. The summed E-state index contributed by atoms with van der Waals surface area (Å²) in [5.41, 5.74) is 1.17. The molecule has 0 saturated heterocycles. The van der Waals surface area contributed by atoms with Gasteiger partial charge in [0.25, 0.3) is 10.0 Å². The molecule has 0 atom stereocenters. The lowest BCUT2D eigenvalue weighted by Gasteiger charge is -2.24. The van der Waals surface area contributed by atoms with Gasteiger partial charge in [-0.15, -0.1) is 0 Å². The van der Waals surface area contributed by atoms with Crippen molar-refractivity contribution in [3.8, 4) is 0 Å². The molecule has 3 aromatic rings. The van der Waals surface area contributed by atoms with Gasteiger partial charge in [0.15, 0.2) is 0 Å². The Hall–Kier alpha value is -3.46. The second kappa shape index (κ2) is 9.13. The van der Waals surface area contributed by atoms with E-state index in [1.54, 1.807) is 11.8 Å². The predicted molar refractivity (Wildman–Crippen MR) is 116 cm³/mol. The highest BCUT2D eigenvalue weighted by molar-refractivity contribution is 7.92. The molecule has 0 aliphatic heterocycles. The van der Waals surface area contributed by atoms with Gasteiger partial charge in [-0.1, -0.05) is 36.4 Å². The molecule has 0 saturated carbocycles. The van der Waals surface area contributed by atoms with Gasteiger partial charge in [-0.25, -0.2) is 22.6 Å². The van der Waals surface area contributed by atoms with Crippen LogP contribution in [0.1, 0.15) is 28.4 Å². The highest BCUT2D eigenvalue weighted by Gasteiger charge is 2.22. The second-order valence-electron chi connectivity index (χ2n) is 6.92. The first kappa shape index (κ1) is 22.2. The highest BCUT2D eigenvalue weighted by atomic mass is 32.2. The quantitative estimate of drug-likeness (QED) is 0.545. The summed E-state index contributed by atoms with van der Waals surface area (Å²) in [7, 11) is -4.13. The molecule has 31 heavy (non-hydrogen) atoms. The molecule has 0 unspecified atom stereocenters. The Morgan fingerprint density at radius 1 is 1.16 bits per heavy atom. The van der Waals surface area contributed by atoms with Crippen molar-refractivity contribution in [2.75, 3.05) is 16.2 Å². The van der Waals surface area contributed by atoms with Gasteiger partial charge in [0.1, 0.15) is 17.2 Å². The van der Waals surface area contributed by atoms with Crippen molar-refractivity contribution in [2.24, 2.45) is 0 Å². The lowest BCUT2D eigenvalue weighted by atomic mass is 10.2. The third-order valence-corrected chi connectivity index (χ3v) is 6.21. The number of anilines is 2. The number of aromatic nitrogens is 1. The molecule has 0 aliphatic rings. The average Bonchev–Trinajstić information content (AvgIpc) is 2.74. The molecular formula is C22H22FN3O4S. The highest BCUT2D eigenvalue weighted by Crippen LogP contribution is 2.26. The van der Waals surface area contributed by atoms with Crippen LogP contribution in [-0.2, 0) is 16.6 Å². The number of nitrogens with one attached hydrogen (secondary N) is 1. The van der Waals surface area contributed by atoms with Crippen molar-refractivity contribution >= 4 is 27.5 Å². The van der Waals surface area contributed by atoms with E-state index in [2.05, 4.69) is 9.71 Å². The normalized spacial score (nSPS) is 11.2. The van der Waals surface area contributed by atoms with Crippen LogP contribution in [0.25, 0.3) is 0 Å². The molecule has 1 aromatic heterocycles. The fraction of sp³-hybridized carbons (Fsp3) is 0.182. The number of pyridine rings is 1. The van der Waals surface area contributed by atoms with Gasteiger partial charge >= 0.3 is 5.97 Å². The summed E-state index contributed by atoms with van der Waals surface area (Å²) in [5, 5.41) is 9.70. The van der Waals surface area contributed by atoms with Crippen LogP contribution in [0.4, 0.5) is 15.9 Å². The molecule has 2 N–H and O–H groups in total. The van der Waals surface area contributed by atoms with E-state index >= 15 is 0 Å². The van der Waals surface area contributed by atoms with Crippen LogP contribution in [0.2, 0.25) is 0 Å². The molecule has 0 amide bonds. The topological polar surface area (TPSA) is 99.6 Å². The number of aromatic carboxylic acids is 1. The summed E-state index contributed by atoms with van der Waals surface area (Å²) in [4.78, 5) is 17.7. The summed E-state index contributed by atoms with van der Waals surface area (Å²) in [6, 6.07) is 14.2. The predicted octanol–water partition coefficient (Wildman–Crippen LogP) is 4.05. The molecule has 0 radical (unpaired) electrons. The maximum atomic E-state index is 13.6. The van der Waals surface area contributed by atoms with Crippen LogP contribution in [0.15, 0.2) is 65.7 Å². The summed E-state index contributed by atoms with van der Waals surface area (Å²) in [5.74, 6) is -1.70. The molecule has 1 heterocycles. The third-order valence-electron chi connectivity index (χ3n) is 4.69. The molecular weight excluding hydrogens is 421 g/mol. The van der Waals surface area contributed by atoms with E-state index in [0.29, 0.717) is 18.7 Å². The zero-order chi connectivity index (χ0) is 22.6. The number of carbonyl (C=O) groups is 1. The van der Waals surface area contributed by atoms with Crippen molar-refractivity contribution in [1.82, 2.24) is 4.98 Å². The Morgan fingerprint density at radius 3 is 2.52 bits per heavy atom. The fourth-order valence-corrected chi connectivity index (χ4v) is 4.43. The number of halogens is 1. The molecule has 0 spiro atoms. The first-order valence-corrected chi connectivity index (χ1v) is 11.0. The van der Waals surface area contributed by atoms with Crippen LogP contribution in [0.3, 0.4) is 0 Å². The smallest absolute Gasteiger partial charge is 0.339 e. The second-order valence-corrected chi connectivity index (χ2v) is 8.57. The van der Waals surface area contributed by atoms with E-state index in [0.717, 1.165) is 11.6 Å². The standard InChI is InChI=1S/C22H22FN3O4S/c1-3-26(14-16-7-5-4-6-8-16)21-19(22(27)28)12-18(13-24-21)25-31(29,30)20-11-17(23)10-9-15(20)2/h4-13,25H,3,14H2,1-2H3,(H,27,28). The van der Waals surface area contributed by atoms with Gasteiger partial charge in [0, 0.05) is 13.1 Å². The van der Waals surface area contributed by atoms with Crippen molar-refractivity contribution in [1.29, 1.82) is 0 Å². The van der Waals surface area contributed by atoms with E-state index in [9.17, 15) is 22.7 Å². The van der Waals surface area contributed by atoms with Crippen molar-refractivity contribution in [3.05, 3.63) is 83.3 Å². The van der Waals surface area contributed by atoms with Crippen LogP contribution in [0.5, 0.6) is 0 Å². The maximum absolute atomic E-state index is 13.6. The summed E-state index contributed by atoms with van der Waals surface area (Å²) in [6.45, 7) is 4.36. The number of hydrogen-bond acceptors (Lipinski definition) is 5. The summed E-state index contributed by atoms with van der Waals surface area (Å²) in [6.07, 6.45) is 1.25. The Bertz CT molecular complexity index is 1200. The third kappa shape index (κ3) is 5.18. The number of aryl methyl sites for hydroxylation is 1. The largest absolute Gasteiger partial charge is 0.478 e. The van der Waals surface area contributed by atoms with E-state index in [4.69, 9.17) is 0 Å². The van der Waals surface area contributed by atoms with E-state index < -0.39 is 21.8 Å². The van der Waals surface area contributed by atoms with Crippen LogP contribution >= 0.6 is 0 Å². The minimum absolute atomic E-state index is 0.0272. The van der Waals surface area contributed by atoms with Gasteiger partial charge in [-0.2, -0.15) is 0 Å². The Kier molecular flexibility index (Phi) is 6.55. The zero-order valence-corrected chi connectivity index (χ0v) is 17.9. The van der Waals surface area contributed by atoms with Crippen molar-refractivity contribution in [3.63, 3.8) is 0 Å². The van der Waals surface area contributed by atoms with Gasteiger partial charge in [-0.3, -0.25) is 4.72 Å². The molecule has 0 aliphatic carbocycles. The Labute approximate surface area is 180 Å². The SMILES string of the molecule is CCN(Cc1ccccc1)c1ncc(NS(=O)(=O)c2cc(F)ccc2C)cc1C(=O)O. The lowest BCUT2D eigenvalue weighted by Crippen LogP contribution is -2.25. The molecule has 3 rings (SSSR count). The van der Waals surface area contributed by atoms with Crippen LogP contribution in [0, 0.1) is 12.7 Å². The number of hydrogen-bond donors (Lipinski definition) is 2. The number of benzene rings is 2. The molecule has 2 aromatic carbocycles. The maximum Gasteiger partial charge on any atom is 0.339 e. The summed E-state index contributed by atoms with van der Waals surface area (Å²) >= 11 is 0. The number of carboxylic acid groups (broad SMARTS) is 1. The first-order chi connectivity index (χ1) is 14.7. The van der Waals surface area contributed by atoms with Gasteiger partial charge in [0.05, 0.1) is 16.8 Å². The minimum atomic E-state index is -4.13. The van der Waals surface area contributed by atoms with Crippen molar-refractivity contribution in [2.45, 2.75) is 25.3 Å². The zero-order valence-electron chi connectivity index (χ0n) is 17.0. The van der Waals surface area contributed by atoms with Crippen molar-refractivity contribution < 1.29 is 22.7 Å². The average molecular weight is 444 g/mol. The van der Waals surface area contributed by atoms with Crippen LogP contribution < -0.4 is 9.62 Å². The monoisotopic (exact) mass is 443 g/mol. The van der Waals surface area contributed by atoms with E-state index in [-0.39, 0.29) is 22.0 Å². The molecule has 0 fully saturated rings. The Balaban J connectivity index is 1.94. The number of sulfonamides is 1. The van der Waals surface area contributed by atoms with E-state index in [1.807, 2.05) is 37.3 Å². The number of carboxylic acids is 1. The van der Waals surface area contributed by atoms with Crippen LogP contribution in [-0.4, -0.2) is 31.0 Å². The lowest BCUT2D eigenvalue weighted by molar-refractivity contribution is 0.0697. The molecule has 7 nitrogen and oxygen atoms in total. The first-order valence-electron chi connectivity index (χ1n) is 9.52. The molecule has 9 heteroatoms. The van der Waals surface area contributed by atoms with E-state index in [1.165, 1.54) is 24.4 Å². The molecule has 0 bridgehead atoms. The van der Waals surface area contributed by atoms with Gasteiger partial charge in [0.2, 0.25) is 0 Å². The van der Waals surface area contributed by atoms with Gasteiger partial charge < -0.3 is 10.0 Å².